The summed E-state index contributed by atoms with van der Waals surface area (Å²) in [6.45, 7) is 5.17. The average Bonchev–Trinajstić information content (AvgIpc) is 2.28. The summed E-state index contributed by atoms with van der Waals surface area (Å²) >= 11 is 0. The van der Waals surface area contributed by atoms with E-state index in [1.165, 1.54) is 5.56 Å². The molecule has 1 aromatic rings. The van der Waals surface area contributed by atoms with E-state index in [2.05, 4.69) is 31.3 Å². The third-order valence-electron chi connectivity index (χ3n) is 2.72. The Kier molecular flexibility index (Phi) is 5.53. The van der Waals surface area contributed by atoms with Crippen molar-refractivity contribution >= 4 is 11.7 Å². The molecule has 0 aromatic heterocycles. The van der Waals surface area contributed by atoms with Gasteiger partial charge in [0.1, 0.15) is 0 Å². The number of nitrogens with one attached hydrogen (secondary N) is 1. The van der Waals surface area contributed by atoms with Crippen LogP contribution in [0.5, 0.6) is 0 Å². The summed E-state index contributed by atoms with van der Waals surface area (Å²) < 4.78 is 0. The molecule has 0 spiro atoms. The highest BCUT2D eigenvalue weighted by Crippen LogP contribution is 2.23. The number of unbranched alkanes of at least 4 members (excludes halogenated alkanes) is 1. The first-order valence-electron chi connectivity index (χ1n) is 6.16. The number of carbonyl (C=O) groups is 1. The molecule has 0 fully saturated rings. The van der Waals surface area contributed by atoms with E-state index in [0.29, 0.717) is 5.92 Å². The number of hydrogen-bond acceptors (Lipinski definition) is 2. The number of carboxylic acids is 1. The smallest absolute Gasteiger partial charge is 0.303 e. The van der Waals surface area contributed by atoms with Gasteiger partial charge in [0.25, 0.3) is 0 Å². The van der Waals surface area contributed by atoms with Crippen LogP contribution in [0.4, 0.5) is 5.69 Å². The maximum atomic E-state index is 10.4. The Labute approximate surface area is 103 Å². The van der Waals surface area contributed by atoms with Crippen molar-refractivity contribution in [1.82, 2.24) is 0 Å². The van der Waals surface area contributed by atoms with Crippen LogP contribution < -0.4 is 5.32 Å². The topological polar surface area (TPSA) is 49.3 Å². The van der Waals surface area contributed by atoms with Gasteiger partial charge in [-0.3, -0.25) is 4.79 Å². The van der Waals surface area contributed by atoms with Gasteiger partial charge in [0, 0.05) is 18.7 Å². The number of aliphatic carboxylic acids is 1. The van der Waals surface area contributed by atoms with Gasteiger partial charge in [-0.2, -0.15) is 0 Å². The van der Waals surface area contributed by atoms with E-state index in [1.54, 1.807) is 0 Å². The third kappa shape index (κ3) is 4.89. The minimum Gasteiger partial charge on any atom is -0.481 e. The number of carboxylic acid groups (broad SMARTS) is 1. The van der Waals surface area contributed by atoms with Crippen molar-refractivity contribution in [3.63, 3.8) is 0 Å². The van der Waals surface area contributed by atoms with Gasteiger partial charge in [-0.05, 0) is 30.4 Å². The first-order valence-corrected chi connectivity index (χ1v) is 6.16. The second kappa shape index (κ2) is 6.94. The lowest BCUT2D eigenvalue weighted by Gasteiger charge is -2.14. The maximum Gasteiger partial charge on any atom is 0.303 e. The maximum absolute atomic E-state index is 10.4. The third-order valence-corrected chi connectivity index (χ3v) is 2.72. The Balaban J connectivity index is 2.38. The zero-order chi connectivity index (χ0) is 12.7. The van der Waals surface area contributed by atoms with Crippen molar-refractivity contribution in [3.05, 3.63) is 29.8 Å². The van der Waals surface area contributed by atoms with Gasteiger partial charge in [-0.25, -0.2) is 0 Å². The fourth-order valence-corrected chi connectivity index (χ4v) is 1.79. The number of anilines is 1. The molecule has 0 unspecified atom stereocenters. The van der Waals surface area contributed by atoms with E-state index in [1.807, 2.05) is 12.1 Å². The quantitative estimate of drug-likeness (QED) is 0.711. The van der Waals surface area contributed by atoms with E-state index in [0.717, 1.165) is 25.1 Å². The van der Waals surface area contributed by atoms with Gasteiger partial charge >= 0.3 is 5.97 Å². The summed E-state index contributed by atoms with van der Waals surface area (Å²) in [7, 11) is 0. The molecule has 1 aromatic carbocycles. The molecule has 17 heavy (non-hydrogen) atoms. The van der Waals surface area contributed by atoms with Gasteiger partial charge in [0.2, 0.25) is 0 Å². The number of hydrogen-bond donors (Lipinski definition) is 2. The minimum atomic E-state index is -0.715. The van der Waals surface area contributed by atoms with Gasteiger partial charge in [0.05, 0.1) is 0 Å². The highest BCUT2D eigenvalue weighted by molar-refractivity contribution is 5.66. The molecule has 0 atom stereocenters. The Morgan fingerprint density at radius 2 is 2.00 bits per heavy atom. The van der Waals surface area contributed by atoms with Crippen LogP contribution in [0, 0.1) is 0 Å². The second-order valence-corrected chi connectivity index (χ2v) is 4.52. The predicted molar refractivity (Wildman–Crippen MR) is 70.5 cm³/mol. The van der Waals surface area contributed by atoms with E-state index in [4.69, 9.17) is 5.11 Å². The molecule has 0 heterocycles. The predicted octanol–water partition coefficient (Wildman–Crippen LogP) is 3.48. The van der Waals surface area contributed by atoms with Crippen LogP contribution in [0.15, 0.2) is 24.3 Å². The van der Waals surface area contributed by atoms with E-state index < -0.39 is 5.97 Å². The normalized spacial score (nSPS) is 10.5. The van der Waals surface area contributed by atoms with Crippen LogP contribution >= 0.6 is 0 Å². The Bertz CT molecular complexity index is 361. The standard InChI is InChI=1S/C14H21NO2/c1-11(2)12-7-3-4-8-13(12)15-10-6-5-9-14(16)17/h3-4,7-8,11,15H,5-6,9-10H2,1-2H3,(H,16,17). The van der Waals surface area contributed by atoms with Crippen LogP contribution in [0.3, 0.4) is 0 Å². The molecular weight excluding hydrogens is 214 g/mol. The first-order chi connectivity index (χ1) is 8.11. The molecule has 0 amide bonds. The number of rotatable bonds is 7. The van der Waals surface area contributed by atoms with Crippen molar-refractivity contribution < 1.29 is 9.90 Å². The lowest BCUT2D eigenvalue weighted by Crippen LogP contribution is -2.05. The molecular formula is C14H21NO2. The van der Waals surface area contributed by atoms with Crippen LogP contribution in [0.1, 0.15) is 44.6 Å². The zero-order valence-corrected chi connectivity index (χ0v) is 10.6. The van der Waals surface area contributed by atoms with Crippen LogP contribution in [-0.2, 0) is 4.79 Å². The SMILES string of the molecule is CC(C)c1ccccc1NCCCCC(=O)O. The zero-order valence-electron chi connectivity index (χ0n) is 10.6. The van der Waals surface area contributed by atoms with Gasteiger partial charge in [-0.1, -0.05) is 32.0 Å². The van der Waals surface area contributed by atoms with Crippen molar-refractivity contribution in [2.45, 2.75) is 39.0 Å². The van der Waals surface area contributed by atoms with Crippen LogP contribution in [0.2, 0.25) is 0 Å². The molecule has 94 valence electrons. The van der Waals surface area contributed by atoms with Crippen molar-refractivity contribution in [3.8, 4) is 0 Å². The fraction of sp³-hybridized carbons (Fsp3) is 0.500. The second-order valence-electron chi connectivity index (χ2n) is 4.52. The molecule has 0 aliphatic carbocycles. The summed E-state index contributed by atoms with van der Waals surface area (Å²) in [6, 6.07) is 8.27. The molecule has 2 N–H and O–H groups in total. The molecule has 1 rings (SSSR count). The highest BCUT2D eigenvalue weighted by Gasteiger charge is 2.04. The van der Waals surface area contributed by atoms with Crippen molar-refractivity contribution in [1.29, 1.82) is 0 Å². The monoisotopic (exact) mass is 235 g/mol. The summed E-state index contributed by atoms with van der Waals surface area (Å²) in [5.41, 5.74) is 2.48. The summed E-state index contributed by atoms with van der Waals surface area (Å²) in [5, 5.41) is 11.9. The Morgan fingerprint density at radius 3 is 2.65 bits per heavy atom. The molecule has 0 aliphatic rings. The van der Waals surface area contributed by atoms with Crippen LogP contribution in [-0.4, -0.2) is 17.6 Å². The largest absolute Gasteiger partial charge is 0.481 e. The number of benzene rings is 1. The summed E-state index contributed by atoms with van der Waals surface area (Å²) in [4.78, 5) is 10.4. The Hall–Kier alpha value is -1.51. The highest BCUT2D eigenvalue weighted by atomic mass is 16.4. The fourth-order valence-electron chi connectivity index (χ4n) is 1.79. The molecule has 0 saturated heterocycles. The van der Waals surface area contributed by atoms with Crippen molar-refractivity contribution in [2.75, 3.05) is 11.9 Å². The molecule has 3 nitrogen and oxygen atoms in total. The van der Waals surface area contributed by atoms with E-state index in [9.17, 15) is 4.79 Å². The summed E-state index contributed by atoms with van der Waals surface area (Å²) in [5.74, 6) is -0.217. The van der Waals surface area contributed by atoms with E-state index in [-0.39, 0.29) is 6.42 Å². The minimum absolute atomic E-state index is 0.257. The first kappa shape index (κ1) is 13.6. The number of para-hydroxylation sites is 1. The summed E-state index contributed by atoms with van der Waals surface area (Å²) in [6.07, 6.45) is 1.87. The molecule has 0 aliphatic heterocycles. The Morgan fingerprint density at radius 1 is 1.29 bits per heavy atom. The van der Waals surface area contributed by atoms with Gasteiger partial charge in [-0.15, -0.1) is 0 Å². The molecule has 3 heteroatoms. The van der Waals surface area contributed by atoms with Crippen molar-refractivity contribution in [2.24, 2.45) is 0 Å². The molecule has 0 radical (unpaired) electrons. The van der Waals surface area contributed by atoms with Crippen LogP contribution in [0.25, 0.3) is 0 Å². The van der Waals surface area contributed by atoms with E-state index >= 15 is 0 Å². The molecule has 0 bridgehead atoms. The molecule has 0 saturated carbocycles. The lowest BCUT2D eigenvalue weighted by atomic mass is 10.0. The average molecular weight is 235 g/mol. The van der Waals surface area contributed by atoms with Gasteiger partial charge < -0.3 is 10.4 Å². The lowest BCUT2D eigenvalue weighted by molar-refractivity contribution is -0.137. The van der Waals surface area contributed by atoms with Gasteiger partial charge in [0.15, 0.2) is 0 Å².